The van der Waals surface area contributed by atoms with E-state index in [9.17, 15) is 4.79 Å². The fraction of sp³-hybridized carbons (Fsp3) is 0.625. The number of ether oxygens (including phenoxy) is 1. The van der Waals surface area contributed by atoms with Gasteiger partial charge in [-0.2, -0.15) is 0 Å². The minimum Gasteiger partial charge on any atom is -0.375 e. The molecule has 0 spiro atoms. The average Bonchev–Trinajstić information content (AvgIpc) is 2.98. The zero-order valence-electron chi connectivity index (χ0n) is 13.7. The van der Waals surface area contributed by atoms with E-state index in [4.69, 9.17) is 9.72 Å². The van der Waals surface area contributed by atoms with Crippen LogP contribution in [0.1, 0.15) is 40.8 Å². The van der Waals surface area contributed by atoms with Gasteiger partial charge in [0.05, 0.1) is 5.69 Å². The van der Waals surface area contributed by atoms with Gasteiger partial charge in [0, 0.05) is 36.7 Å². The van der Waals surface area contributed by atoms with Crippen LogP contribution in [0.5, 0.6) is 0 Å². The summed E-state index contributed by atoms with van der Waals surface area (Å²) < 4.78 is 7.24. The van der Waals surface area contributed by atoms with Crippen LogP contribution < -0.4 is 0 Å². The molecule has 22 heavy (non-hydrogen) atoms. The summed E-state index contributed by atoms with van der Waals surface area (Å²) in [5, 5.41) is 0. The van der Waals surface area contributed by atoms with Crippen molar-refractivity contribution in [3.63, 3.8) is 0 Å². The van der Waals surface area contributed by atoms with Gasteiger partial charge < -0.3 is 9.64 Å². The molecule has 1 aliphatic heterocycles. The van der Waals surface area contributed by atoms with Crippen molar-refractivity contribution in [2.45, 2.75) is 39.5 Å². The molecule has 6 heteroatoms. The molecular formula is C16H23N3O2S. The van der Waals surface area contributed by atoms with Crippen molar-refractivity contribution in [3.05, 3.63) is 22.1 Å². The van der Waals surface area contributed by atoms with Gasteiger partial charge in [-0.1, -0.05) is 0 Å². The molecule has 0 radical (unpaired) electrons. The summed E-state index contributed by atoms with van der Waals surface area (Å²) in [6.07, 6.45) is 2.13. The Morgan fingerprint density at radius 1 is 1.41 bits per heavy atom. The Labute approximate surface area is 134 Å². The van der Waals surface area contributed by atoms with Crippen molar-refractivity contribution in [3.8, 4) is 0 Å². The molecule has 2 aromatic heterocycles. The quantitative estimate of drug-likeness (QED) is 0.873. The standard InChI is InChI=1S/C16H23N3O2S/c1-10-11(2)22-16-15(17-12(3)19(10)16)13-6-5-7-18(8-13)14(20)9-21-4/h13H,5-9H2,1-4H3. The van der Waals surface area contributed by atoms with E-state index in [1.54, 1.807) is 7.11 Å². The highest BCUT2D eigenvalue weighted by Gasteiger charge is 2.29. The number of rotatable bonds is 3. The number of likely N-dealkylation sites (tertiary alicyclic amines) is 1. The van der Waals surface area contributed by atoms with Crippen LogP contribution in [0.25, 0.3) is 4.83 Å². The summed E-state index contributed by atoms with van der Waals surface area (Å²) in [5.41, 5.74) is 2.44. The van der Waals surface area contributed by atoms with E-state index in [-0.39, 0.29) is 12.5 Å². The lowest BCUT2D eigenvalue weighted by atomic mass is 9.95. The second kappa shape index (κ2) is 6.01. The summed E-state index contributed by atoms with van der Waals surface area (Å²) >= 11 is 1.81. The summed E-state index contributed by atoms with van der Waals surface area (Å²) in [5.74, 6) is 1.46. The maximum atomic E-state index is 12.1. The zero-order valence-corrected chi connectivity index (χ0v) is 14.5. The maximum absolute atomic E-state index is 12.1. The van der Waals surface area contributed by atoms with Crippen LogP contribution >= 0.6 is 11.3 Å². The molecule has 1 amide bonds. The maximum Gasteiger partial charge on any atom is 0.248 e. The third-order valence-electron chi connectivity index (χ3n) is 4.55. The topological polar surface area (TPSA) is 46.8 Å². The highest BCUT2D eigenvalue weighted by Crippen LogP contribution is 2.34. The monoisotopic (exact) mass is 321 g/mol. The predicted molar refractivity (Wildman–Crippen MR) is 87.7 cm³/mol. The number of hydrogen-bond donors (Lipinski definition) is 0. The van der Waals surface area contributed by atoms with Gasteiger partial charge in [0.15, 0.2) is 0 Å². The first-order valence-corrected chi connectivity index (χ1v) is 8.56. The van der Waals surface area contributed by atoms with Gasteiger partial charge in [-0.15, -0.1) is 11.3 Å². The van der Waals surface area contributed by atoms with E-state index in [2.05, 4.69) is 25.2 Å². The van der Waals surface area contributed by atoms with Crippen LogP contribution in [0.3, 0.4) is 0 Å². The first kappa shape index (κ1) is 15.5. The van der Waals surface area contributed by atoms with Crippen LogP contribution in [0.4, 0.5) is 0 Å². The Hall–Kier alpha value is -1.40. The summed E-state index contributed by atoms with van der Waals surface area (Å²) in [4.78, 5) is 21.4. The molecule has 0 aromatic carbocycles. The van der Waals surface area contributed by atoms with E-state index >= 15 is 0 Å². The Morgan fingerprint density at radius 3 is 2.91 bits per heavy atom. The molecule has 0 saturated carbocycles. The molecule has 1 fully saturated rings. The lowest BCUT2D eigenvalue weighted by Gasteiger charge is -2.32. The van der Waals surface area contributed by atoms with Gasteiger partial charge in [0.2, 0.25) is 5.91 Å². The molecule has 0 N–H and O–H groups in total. The smallest absolute Gasteiger partial charge is 0.248 e. The number of carbonyl (C=O) groups is 1. The van der Waals surface area contributed by atoms with E-state index in [0.29, 0.717) is 5.92 Å². The number of hydrogen-bond acceptors (Lipinski definition) is 4. The van der Waals surface area contributed by atoms with Gasteiger partial charge in [0.25, 0.3) is 0 Å². The molecule has 0 aliphatic carbocycles. The summed E-state index contributed by atoms with van der Waals surface area (Å²) in [6, 6.07) is 0. The average molecular weight is 321 g/mol. The largest absolute Gasteiger partial charge is 0.375 e. The third-order valence-corrected chi connectivity index (χ3v) is 5.74. The number of nitrogens with zero attached hydrogens (tertiary/aromatic N) is 3. The molecule has 1 atom stereocenters. The first-order chi connectivity index (χ1) is 10.5. The van der Waals surface area contributed by atoms with E-state index in [1.807, 2.05) is 16.2 Å². The highest BCUT2D eigenvalue weighted by atomic mass is 32.1. The van der Waals surface area contributed by atoms with Gasteiger partial charge in [-0.3, -0.25) is 9.20 Å². The summed E-state index contributed by atoms with van der Waals surface area (Å²) in [6.45, 7) is 8.12. The zero-order chi connectivity index (χ0) is 15.9. The molecule has 3 heterocycles. The molecule has 1 unspecified atom stereocenters. The van der Waals surface area contributed by atoms with Gasteiger partial charge >= 0.3 is 0 Å². The molecule has 5 nitrogen and oxygen atoms in total. The number of aromatic nitrogens is 2. The van der Waals surface area contributed by atoms with Crippen molar-refractivity contribution in [1.82, 2.24) is 14.3 Å². The van der Waals surface area contributed by atoms with E-state index < -0.39 is 0 Å². The number of thiazole rings is 1. The normalized spacial score (nSPS) is 19.1. The number of fused-ring (bicyclic) bond motifs is 1. The minimum absolute atomic E-state index is 0.0814. The number of aryl methyl sites for hydroxylation is 3. The number of carbonyl (C=O) groups excluding carboxylic acids is 1. The van der Waals surface area contributed by atoms with Crippen LogP contribution in [0.2, 0.25) is 0 Å². The van der Waals surface area contributed by atoms with E-state index in [1.165, 1.54) is 15.4 Å². The molecule has 120 valence electrons. The fourth-order valence-electron chi connectivity index (χ4n) is 3.31. The van der Waals surface area contributed by atoms with Crippen molar-refractivity contribution >= 4 is 22.1 Å². The molecule has 1 aliphatic rings. The second-order valence-corrected chi connectivity index (χ2v) is 7.24. The highest BCUT2D eigenvalue weighted by molar-refractivity contribution is 7.17. The van der Waals surface area contributed by atoms with Crippen molar-refractivity contribution < 1.29 is 9.53 Å². The van der Waals surface area contributed by atoms with Crippen LogP contribution in [-0.2, 0) is 9.53 Å². The minimum atomic E-state index is 0.0814. The van der Waals surface area contributed by atoms with Gasteiger partial charge in [-0.05, 0) is 33.6 Å². The molecule has 1 saturated heterocycles. The summed E-state index contributed by atoms with van der Waals surface area (Å²) in [7, 11) is 1.57. The number of methoxy groups -OCH3 is 1. The van der Waals surface area contributed by atoms with Crippen molar-refractivity contribution in [2.75, 3.05) is 26.8 Å². The Balaban J connectivity index is 1.91. The second-order valence-electron chi connectivity index (χ2n) is 6.04. The van der Waals surface area contributed by atoms with Crippen molar-refractivity contribution in [2.24, 2.45) is 0 Å². The van der Waals surface area contributed by atoms with E-state index in [0.717, 1.165) is 37.4 Å². The van der Waals surface area contributed by atoms with Gasteiger partial charge in [-0.25, -0.2) is 4.98 Å². The first-order valence-electron chi connectivity index (χ1n) is 7.74. The Kier molecular flexibility index (Phi) is 4.23. The number of piperidine rings is 1. The molecular weight excluding hydrogens is 298 g/mol. The predicted octanol–water partition coefficient (Wildman–Crippen LogP) is 2.67. The third kappa shape index (κ3) is 2.54. The van der Waals surface area contributed by atoms with Crippen molar-refractivity contribution in [1.29, 1.82) is 0 Å². The Bertz CT molecular complexity index is 704. The lowest BCUT2D eigenvalue weighted by molar-refractivity contribution is -0.136. The molecule has 3 rings (SSSR count). The SMILES string of the molecule is COCC(=O)N1CCCC(c2nc(C)n3c(C)c(C)sc23)C1. The fourth-order valence-corrected chi connectivity index (χ4v) is 4.52. The van der Waals surface area contributed by atoms with Gasteiger partial charge in [0.1, 0.15) is 17.3 Å². The van der Waals surface area contributed by atoms with Crippen LogP contribution in [0, 0.1) is 20.8 Å². The van der Waals surface area contributed by atoms with Crippen LogP contribution in [0.15, 0.2) is 0 Å². The molecule has 0 bridgehead atoms. The van der Waals surface area contributed by atoms with Crippen LogP contribution in [-0.4, -0.2) is 47.0 Å². The lowest BCUT2D eigenvalue weighted by Crippen LogP contribution is -2.41. The molecule has 2 aromatic rings. The Morgan fingerprint density at radius 2 is 2.18 bits per heavy atom. The number of imidazole rings is 1. The number of amides is 1.